The molecule has 196 valence electrons. The number of hydrogen-bond donors (Lipinski definition) is 0. The van der Waals surface area contributed by atoms with E-state index in [0.29, 0.717) is 6.42 Å². The fourth-order valence-corrected chi connectivity index (χ4v) is 5.66. The molecule has 5 rings (SSSR count). The summed E-state index contributed by atoms with van der Waals surface area (Å²) in [5.41, 5.74) is 10.5. The Bertz CT molecular complexity index is 1960. The third kappa shape index (κ3) is 4.89. The van der Waals surface area contributed by atoms with Crippen molar-refractivity contribution in [2.75, 3.05) is 0 Å². The molecule has 0 aliphatic carbocycles. The van der Waals surface area contributed by atoms with Gasteiger partial charge in [0.05, 0.1) is 12.5 Å². The molecule has 0 N–H and O–H groups in total. The van der Waals surface area contributed by atoms with Crippen LogP contribution in [-0.2, 0) is 0 Å². The van der Waals surface area contributed by atoms with Gasteiger partial charge in [-0.05, 0) is 89.3 Å². The van der Waals surface area contributed by atoms with Crippen molar-refractivity contribution < 1.29 is 0 Å². The Morgan fingerprint density at radius 2 is 1.34 bits per heavy atom. The van der Waals surface area contributed by atoms with Crippen LogP contribution >= 0.6 is 0 Å². The number of rotatable bonds is 9. The van der Waals surface area contributed by atoms with E-state index in [9.17, 15) is 0 Å². The van der Waals surface area contributed by atoms with Crippen molar-refractivity contribution >= 4 is 51.4 Å². The first-order chi connectivity index (χ1) is 20.1. The molecule has 0 radical (unpaired) electrons. The minimum absolute atomic E-state index is 0.371. The molecular formula is C40H31N. The Labute approximate surface area is 242 Å². The molecule has 0 amide bonds. The zero-order valence-electron chi connectivity index (χ0n) is 23.2. The zero-order valence-corrected chi connectivity index (χ0v) is 23.2. The maximum atomic E-state index is 8.82. The van der Waals surface area contributed by atoms with E-state index in [4.69, 9.17) is 5.26 Å². The molecule has 0 unspecified atom stereocenters. The van der Waals surface area contributed by atoms with E-state index >= 15 is 0 Å². The number of allylic oxidation sites excluding steroid dienone is 3. The van der Waals surface area contributed by atoms with Gasteiger partial charge >= 0.3 is 0 Å². The topological polar surface area (TPSA) is 23.8 Å². The molecule has 0 aliphatic heterocycles. The number of nitrogens with zero attached hydrogens (tertiary/aromatic N) is 1. The van der Waals surface area contributed by atoms with Crippen molar-refractivity contribution in [3.63, 3.8) is 0 Å². The molecule has 41 heavy (non-hydrogen) atoms. The monoisotopic (exact) mass is 525 g/mol. The van der Waals surface area contributed by atoms with Crippen LogP contribution in [0.2, 0.25) is 0 Å². The predicted molar refractivity (Wildman–Crippen MR) is 181 cm³/mol. The third-order valence-electron chi connectivity index (χ3n) is 7.56. The SMILES string of the molecule is C=Cc1cccc(-c2c(C=C)c(C=C)c(-c3ccc4cc(C(=C)/C=C\CC#N)ccc4c3)c3ccccc23)c1C=C. The third-order valence-corrected chi connectivity index (χ3v) is 7.56. The van der Waals surface area contributed by atoms with Crippen LogP contribution < -0.4 is 0 Å². The fourth-order valence-electron chi connectivity index (χ4n) is 5.66. The molecule has 5 aromatic rings. The van der Waals surface area contributed by atoms with Crippen LogP contribution in [0.5, 0.6) is 0 Å². The predicted octanol–water partition coefficient (Wildman–Crippen LogP) is 11.4. The lowest BCUT2D eigenvalue weighted by Gasteiger charge is -2.22. The van der Waals surface area contributed by atoms with E-state index < -0.39 is 0 Å². The fraction of sp³-hybridized carbons (Fsp3) is 0.0250. The van der Waals surface area contributed by atoms with Crippen LogP contribution in [0, 0.1) is 11.3 Å². The van der Waals surface area contributed by atoms with Crippen molar-refractivity contribution in [2.24, 2.45) is 0 Å². The maximum absolute atomic E-state index is 8.82. The highest BCUT2D eigenvalue weighted by Crippen LogP contribution is 2.45. The van der Waals surface area contributed by atoms with Gasteiger partial charge < -0.3 is 0 Å². The molecular weight excluding hydrogens is 494 g/mol. The van der Waals surface area contributed by atoms with Crippen LogP contribution in [0.4, 0.5) is 0 Å². The molecule has 0 aromatic heterocycles. The summed E-state index contributed by atoms with van der Waals surface area (Å²) in [7, 11) is 0. The Morgan fingerprint density at radius 3 is 2.02 bits per heavy atom. The van der Waals surface area contributed by atoms with Crippen molar-refractivity contribution in [1.82, 2.24) is 0 Å². The van der Waals surface area contributed by atoms with Gasteiger partial charge in [0.15, 0.2) is 0 Å². The first kappa shape index (κ1) is 27.1. The first-order valence-electron chi connectivity index (χ1n) is 13.5. The van der Waals surface area contributed by atoms with E-state index in [0.717, 1.165) is 77.2 Å². The molecule has 0 heterocycles. The second kappa shape index (κ2) is 11.7. The van der Waals surface area contributed by atoms with E-state index in [-0.39, 0.29) is 0 Å². The van der Waals surface area contributed by atoms with Gasteiger partial charge in [-0.25, -0.2) is 0 Å². The van der Waals surface area contributed by atoms with Gasteiger partial charge in [0.1, 0.15) is 0 Å². The first-order valence-corrected chi connectivity index (χ1v) is 13.5. The Hall–Kier alpha value is -5.45. The number of hydrogen-bond acceptors (Lipinski definition) is 1. The van der Waals surface area contributed by atoms with Gasteiger partial charge in [-0.2, -0.15) is 5.26 Å². The molecule has 0 spiro atoms. The summed E-state index contributed by atoms with van der Waals surface area (Å²) < 4.78 is 0. The Kier molecular flexibility index (Phi) is 7.77. The van der Waals surface area contributed by atoms with Gasteiger partial charge in [0, 0.05) is 0 Å². The van der Waals surface area contributed by atoms with Crippen LogP contribution in [0.25, 0.3) is 73.7 Å². The van der Waals surface area contributed by atoms with Gasteiger partial charge in [0.2, 0.25) is 0 Å². The van der Waals surface area contributed by atoms with E-state index in [1.54, 1.807) is 0 Å². The average Bonchev–Trinajstić information content (AvgIpc) is 3.02. The molecule has 0 aliphatic rings. The number of fused-ring (bicyclic) bond motifs is 2. The summed E-state index contributed by atoms with van der Waals surface area (Å²) in [6, 6.07) is 29.9. The summed E-state index contributed by atoms with van der Waals surface area (Å²) in [6.45, 7) is 20.8. The van der Waals surface area contributed by atoms with E-state index in [2.05, 4.69) is 118 Å². The van der Waals surface area contributed by atoms with Crippen molar-refractivity contribution in [3.8, 4) is 28.3 Å². The Morgan fingerprint density at radius 1 is 0.683 bits per heavy atom. The molecule has 0 fully saturated rings. The lowest BCUT2D eigenvalue weighted by atomic mass is 9.81. The van der Waals surface area contributed by atoms with E-state index in [1.807, 2.05) is 36.5 Å². The van der Waals surface area contributed by atoms with Gasteiger partial charge in [-0.3, -0.25) is 0 Å². The second-order valence-electron chi connectivity index (χ2n) is 9.81. The molecule has 0 saturated heterocycles. The van der Waals surface area contributed by atoms with Crippen LogP contribution in [0.1, 0.15) is 34.2 Å². The smallest absolute Gasteiger partial charge is 0.0663 e. The van der Waals surface area contributed by atoms with E-state index in [1.165, 1.54) is 0 Å². The van der Waals surface area contributed by atoms with Gasteiger partial charge in [-0.1, -0.05) is 136 Å². The lowest BCUT2D eigenvalue weighted by Crippen LogP contribution is -1.98. The Balaban J connectivity index is 1.76. The van der Waals surface area contributed by atoms with Crippen molar-refractivity contribution in [3.05, 3.63) is 152 Å². The number of benzene rings is 5. The molecule has 1 heteroatoms. The molecule has 1 nitrogen and oxygen atoms in total. The largest absolute Gasteiger partial charge is 0.198 e. The number of nitriles is 1. The molecule has 0 bridgehead atoms. The normalized spacial score (nSPS) is 10.9. The highest BCUT2D eigenvalue weighted by atomic mass is 14.2. The highest BCUT2D eigenvalue weighted by Gasteiger charge is 2.20. The molecule has 0 saturated carbocycles. The van der Waals surface area contributed by atoms with Crippen molar-refractivity contribution in [1.29, 1.82) is 5.26 Å². The minimum atomic E-state index is 0.371. The summed E-state index contributed by atoms with van der Waals surface area (Å²) in [5, 5.41) is 13.4. The quantitative estimate of drug-likeness (QED) is 0.176. The van der Waals surface area contributed by atoms with Crippen LogP contribution in [0.3, 0.4) is 0 Å². The van der Waals surface area contributed by atoms with Crippen LogP contribution in [-0.4, -0.2) is 0 Å². The van der Waals surface area contributed by atoms with Crippen molar-refractivity contribution in [2.45, 2.75) is 6.42 Å². The van der Waals surface area contributed by atoms with Gasteiger partial charge in [0.25, 0.3) is 0 Å². The minimum Gasteiger partial charge on any atom is -0.198 e. The molecule has 5 aromatic carbocycles. The maximum Gasteiger partial charge on any atom is 0.0663 e. The summed E-state index contributed by atoms with van der Waals surface area (Å²) in [5.74, 6) is 0. The van der Waals surface area contributed by atoms with Gasteiger partial charge in [-0.15, -0.1) is 0 Å². The average molecular weight is 526 g/mol. The molecule has 0 atom stereocenters. The standard InChI is InChI=1S/C40H31N/c1-6-28-16-14-19-36(33(28)7-2)40-35(9-4)34(8-3)39(37-17-10-11-18-38(37)40)32-23-22-30-25-29(20-21-31(30)26-32)27(5)15-12-13-24-41/h6-12,14-23,25-26H,1-5,13H2/b15-12-. The summed E-state index contributed by atoms with van der Waals surface area (Å²) in [6.07, 6.45) is 11.8. The zero-order chi connectivity index (χ0) is 28.9. The van der Waals surface area contributed by atoms with Crippen LogP contribution in [0.15, 0.2) is 124 Å². The highest BCUT2D eigenvalue weighted by molar-refractivity contribution is 6.13. The second-order valence-corrected chi connectivity index (χ2v) is 9.81. The summed E-state index contributed by atoms with van der Waals surface area (Å²) in [4.78, 5) is 0. The lowest BCUT2D eigenvalue weighted by molar-refractivity contribution is 1.35. The summed E-state index contributed by atoms with van der Waals surface area (Å²) >= 11 is 0.